The molecule has 6 nitrogen and oxygen atoms in total. The van der Waals surface area contributed by atoms with Gasteiger partial charge in [0.2, 0.25) is 0 Å². The van der Waals surface area contributed by atoms with Crippen molar-refractivity contribution in [3.05, 3.63) is 29.8 Å². The zero-order chi connectivity index (χ0) is 15.6. The summed E-state index contributed by atoms with van der Waals surface area (Å²) in [6.45, 7) is 2.17. The van der Waals surface area contributed by atoms with Gasteiger partial charge in [-0.1, -0.05) is 18.2 Å². The quantitative estimate of drug-likeness (QED) is 0.920. The van der Waals surface area contributed by atoms with Gasteiger partial charge in [-0.15, -0.1) is 0 Å². The number of fused-ring (bicyclic) bond motifs is 1. The van der Waals surface area contributed by atoms with Crippen LogP contribution in [0.2, 0.25) is 0 Å². The number of hydrogen-bond acceptors (Lipinski definition) is 3. The van der Waals surface area contributed by atoms with Crippen LogP contribution in [0.5, 0.6) is 0 Å². The second-order valence-corrected chi connectivity index (χ2v) is 5.25. The Bertz CT molecular complexity index is 608. The average Bonchev–Trinajstić information content (AvgIpc) is 2.86. The molecule has 2 unspecified atom stereocenters. The van der Waals surface area contributed by atoms with Crippen LogP contribution in [0.25, 0.3) is 0 Å². The fourth-order valence-electron chi connectivity index (χ4n) is 2.54. The minimum atomic E-state index is -0.939. The third-order valence-corrected chi connectivity index (χ3v) is 3.59. The molecule has 1 heterocycles. The molecule has 1 aromatic carbocycles. The van der Waals surface area contributed by atoms with E-state index in [4.69, 9.17) is 5.26 Å². The monoisotopic (exact) mass is 287 g/mol. The molecule has 0 fully saturated rings. The van der Waals surface area contributed by atoms with E-state index in [1.165, 1.54) is 9.80 Å². The van der Waals surface area contributed by atoms with Crippen LogP contribution in [-0.2, 0) is 4.79 Å². The summed E-state index contributed by atoms with van der Waals surface area (Å²) in [5.74, 6) is -1.91. The minimum Gasteiger partial charge on any atom is -0.481 e. The Morgan fingerprint density at radius 1 is 1.52 bits per heavy atom. The van der Waals surface area contributed by atoms with Crippen molar-refractivity contribution in [3.63, 3.8) is 0 Å². The van der Waals surface area contributed by atoms with E-state index in [1.807, 2.05) is 0 Å². The number of rotatable bonds is 3. The van der Waals surface area contributed by atoms with Crippen LogP contribution in [0.1, 0.15) is 18.4 Å². The molecule has 110 valence electrons. The van der Waals surface area contributed by atoms with Gasteiger partial charge in [0.25, 0.3) is 0 Å². The van der Waals surface area contributed by atoms with Crippen LogP contribution in [0.15, 0.2) is 24.3 Å². The molecule has 6 heteroatoms. The summed E-state index contributed by atoms with van der Waals surface area (Å²) < 4.78 is 0. The number of carboxylic acid groups (broad SMARTS) is 1. The maximum Gasteiger partial charge on any atom is 0.324 e. The largest absolute Gasteiger partial charge is 0.481 e. The maximum atomic E-state index is 12.5. The summed E-state index contributed by atoms with van der Waals surface area (Å²) in [5.41, 5.74) is 1.28. The van der Waals surface area contributed by atoms with Crippen molar-refractivity contribution in [2.45, 2.75) is 12.8 Å². The van der Waals surface area contributed by atoms with E-state index < -0.39 is 11.9 Å². The van der Waals surface area contributed by atoms with Crippen LogP contribution >= 0.6 is 0 Å². The van der Waals surface area contributed by atoms with Gasteiger partial charge in [0.05, 0.1) is 12.0 Å². The predicted molar refractivity (Wildman–Crippen MR) is 77.0 cm³/mol. The normalized spacial score (nSPS) is 17.8. The molecule has 0 spiro atoms. The number of nitriles is 1. The summed E-state index contributed by atoms with van der Waals surface area (Å²) in [6, 6.07) is 8.83. The number of nitrogens with zero attached hydrogens (tertiary/aromatic N) is 3. The van der Waals surface area contributed by atoms with Crippen molar-refractivity contribution in [3.8, 4) is 6.07 Å². The fraction of sp³-hybridized carbons (Fsp3) is 0.400. The van der Waals surface area contributed by atoms with Crippen molar-refractivity contribution < 1.29 is 14.7 Å². The number of carbonyl (C=O) groups excluding carboxylic acids is 1. The maximum absolute atomic E-state index is 12.5. The smallest absolute Gasteiger partial charge is 0.324 e. The molecule has 0 aliphatic carbocycles. The number of urea groups is 1. The molecule has 21 heavy (non-hydrogen) atoms. The Labute approximate surface area is 123 Å². The average molecular weight is 287 g/mol. The third-order valence-electron chi connectivity index (χ3n) is 3.59. The Hall–Kier alpha value is -2.55. The summed E-state index contributed by atoms with van der Waals surface area (Å²) in [7, 11) is 1.62. The van der Waals surface area contributed by atoms with Gasteiger partial charge in [-0.05, 0) is 18.6 Å². The molecule has 1 aliphatic heterocycles. The summed E-state index contributed by atoms with van der Waals surface area (Å²) in [4.78, 5) is 26.7. The number of para-hydroxylation sites is 1. The van der Waals surface area contributed by atoms with Crippen molar-refractivity contribution >= 4 is 17.7 Å². The molecule has 0 saturated carbocycles. The van der Waals surface area contributed by atoms with Gasteiger partial charge in [-0.2, -0.15) is 5.26 Å². The topological polar surface area (TPSA) is 84.6 Å². The molecule has 1 N–H and O–H groups in total. The lowest BCUT2D eigenvalue weighted by Gasteiger charge is -2.25. The highest BCUT2D eigenvalue weighted by atomic mass is 16.4. The van der Waals surface area contributed by atoms with Crippen LogP contribution in [0.4, 0.5) is 10.5 Å². The summed E-state index contributed by atoms with van der Waals surface area (Å²) >= 11 is 0. The zero-order valence-electron chi connectivity index (χ0n) is 12.0. The van der Waals surface area contributed by atoms with Crippen LogP contribution in [-0.4, -0.2) is 42.1 Å². The van der Waals surface area contributed by atoms with Gasteiger partial charge in [0.1, 0.15) is 5.92 Å². The van der Waals surface area contributed by atoms with Gasteiger partial charge in [-0.25, -0.2) is 4.79 Å². The van der Waals surface area contributed by atoms with E-state index in [9.17, 15) is 14.7 Å². The lowest BCUT2D eigenvalue weighted by molar-refractivity contribution is -0.138. The standard InChI is InChI=1S/C15H17N3O3/c1-10(7-16)8-17(2)15(21)18-9-12(14(19)20)11-5-3-4-6-13(11)18/h3-6,10,12H,8-9H2,1-2H3,(H,19,20). The van der Waals surface area contributed by atoms with Crippen LogP contribution in [0.3, 0.4) is 0 Å². The van der Waals surface area contributed by atoms with E-state index >= 15 is 0 Å². The molecule has 0 radical (unpaired) electrons. The van der Waals surface area contributed by atoms with E-state index in [2.05, 4.69) is 6.07 Å². The van der Waals surface area contributed by atoms with Crippen molar-refractivity contribution in [1.29, 1.82) is 5.26 Å². The second kappa shape index (κ2) is 5.83. The lowest BCUT2D eigenvalue weighted by Crippen LogP contribution is -2.42. The number of anilines is 1. The molecule has 1 aliphatic rings. The minimum absolute atomic E-state index is 0.124. The van der Waals surface area contributed by atoms with Crippen molar-refractivity contribution in [2.24, 2.45) is 5.92 Å². The zero-order valence-corrected chi connectivity index (χ0v) is 12.0. The van der Waals surface area contributed by atoms with Gasteiger partial charge in [0.15, 0.2) is 0 Å². The highest BCUT2D eigenvalue weighted by Crippen LogP contribution is 2.36. The Morgan fingerprint density at radius 2 is 2.19 bits per heavy atom. The van der Waals surface area contributed by atoms with Gasteiger partial charge in [-0.3, -0.25) is 9.69 Å². The second-order valence-electron chi connectivity index (χ2n) is 5.25. The first-order chi connectivity index (χ1) is 9.95. The molecule has 2 amide bonds. The SMILES string of the molecule is CC(C#N)CN(C)C(=O)N1CC(C(=O)O)c2ccccc21. The number of hydrogen-bond donors (Lipinski definition) is 1. The molecule has 2 rings (SSSR count). The molecule has 2 atom stereocenters. The van der Waals surface area contributed by atoms with E-state index in [0.717, 1.165) is 0 Å². The molecule has 1 aromatic rings. The molecule has 0 bridgehead atoms. The Balaban J connectivity index is 2.24. The van der Waals surface area contributed by atoms with Crippen LogP contribution < -0.4 is 4.90 Å². The Morgan fingerprint density at radius 3 is 2.81 bits per heavy atom. The molecule has 0 aromatic heterocycles. The van der Waals surface area contributed by atoms with Gasteiger partial charge < -0.3 is 10.0 Å². The lowest BCUT2D eigenvalue weighted by atomic mass is 10.0. The van der Waals surface area contributed by atoms with E-state index in [0.29, 0.717) is 17.8 Å². The Kier molecular flexibility index (Phi) is 4.13. The van der Waals surface area contributed by atoms with Crippen LogP contribution in [0, 0.1) is 17.2 Å². The van der Waals surface area contributed by atoms with Crippen molar-refractivity contribution in [1.82, 2.24) is 4.90 Å². The first kappa shape index (κ1) is 14.9. The number of carboxylic acids is 1. The molecule has 0 saturated heterocycles. The van der Waals surface area contributed by atoms with E-state index in [-0.39, 0.29) is 18.5 Å². The first-order valence-corrected chi connectivity index (χ1v) is 6.69. The third kappa shape index (κ3) is 2.82. The summed E-state index contributed by atoms with van der Waals surface area (Å²) in [5, 5.41) is 18.1. The number of amides is 2. The van der Waals surface area contributed by atoms with Gasteiger partial charge in [0, 0.05) is 25.8 Å². The number of aliphatic carboxylic acids is 1. The highest BCUT2D eigenvalue weighted by molar-refractivity contribution is 5.97. The van der Waals surface area contributed by atoms with E-state index in [1.54, 1.807) is 38.2 Å². The highest BCUT2D eigenvalue weighted by Gasteiger charge is 2.37. The van der Waals surface area contributed by atoms with Gasteiger partial charge >= 0.3 is 12.0 Å². The fourth-order valence-corrected chi connectivity index (χ4v) is 2.54. The summed E-state index contributed by atoms with van der Waals surface area (Å²) in [6.07, 6.45) is 0. The number of carbonyl (C=O) groups is 2. The number of benzene rings is 1. The first-order valence-electron chi connectivity index (χ1n) is 6.69. The predicted octanol–water partition coefficient (Wildman–Crippen LogP) is 1.89. The molecular weight excluding hydrogens is 270 g/mol. The molecular formula is C15H17N3O3. The van der Waals surface area contributed by atoms with Crippen molar-refractivity contribution in [2.75, 3.05) is 25.0 Å².